The molecule has 140 valence electrons. The summed E-state index contributed by atoms with van der Waals surface area (Å²) < 4.78 is 18.8. The van der Waals surface area contributed by atoms with Crippen LogP contribution in [-0.2, 0) is 6.61 Å². The van der Waals surface area contributed by atoms with E-state index in [4.69, 9.17) is 16.3 Å². The molecule has 0 saturated heterocycles. The number of halogens is 2. The molecule has 0 aliphatic heterocycles. The number of aromatic amines is 1. The predicted octanol–water partition coefficient (Wildman–Crippen LogP) is 4.06. The van der Waals surface area contributed by atoms with Gasteiger partial charge >= 0.3 is 0 Å². The zero-order chi connectivity index (χ0) is 19.7. The van der Waals surface area contributed by atoms with Crippen molar-refractivity contribution in [3.05, 3.63) is 81.4 Å². The first-order valence-electron chi connectivity index (χ1n) is 8.41. The van der Waals surface area contributed by atoms with E-state index in [-0.39, 0.29) is 17.2 Å². The van der Waals surface area contributed by atoms with Gasteiger partial charge in [-0.2, -0.15) is 0 Å². The molecule has 3 aromatic heterocycles. The van der Waals surface area contributed by atoms with Crippen molar-refractivity contribution in [3.8, 4) is 17.1 Å². The van der Waals surface area contributed by atoms with Gasteiger partial charge in [-0.3, -0.25) is 14.8 Å². The topological polar surface area (TPSA) is 80.8 Å². The molecule has 0 aliphatic rings. The Morgan fingerprint density at radius 1 is 1.18 bits per heavy atom. The second-order valence-electron chi connectivity index (χ2n) is 6.10. The predicted molar refractivity (Wildman–Crippen MR) is 104 cm³/mol. The van der Waals surface area contributed by atoms with Gasteiger partial charge in [-0.1, -0.05) is 17.7 Å². The lowest BCUT2D eigenvalue weighted by atomic mass is 10.1. The van der Waals surface area contributed by atoms with E-state index in [1.807, 2.05) is 25.1 Å². The largest absolute Gasteiger partial charge is 0.486 e. The first-order valence-corrected chi connectivity index (χ1v) is 8.79. The van der Waals surface area contributed by atoms with Gasteiger partial charge in [0.05, 0.1) is 16.1 Å². The van der Waals surface area contributed by atoms with Gasteiger partial charge in [0.2, 0.25) is 0 Å². The average Bonchev–Trinajstić information content (AvgIpc) is 2.68. The summed E-state index contributed by atoms with van der Waals surface area (Å²) in [5.41, 5.74) is 2.09. The molecule has 6 nitrogen and oxygen atoms in total. The molecular weight excluding hydrogens is 383 g/mol. The van der Waals surface area contributed by atoms with Gasteiger partial charge in [0.25, 0.3) is 5.56 Å². The van der Waals surface area contributed by atoms with E-state index in [0.717, 1.165) is 5.69 Å². The number of aromatic nitrogens is 4. The lowest BCUT2D eigenvalue weighted by Crippen LogP contribution is -2.14. The van der Waals surface area contributed by atoms with E-state index >= 15 is 0 Å². The summed E-state index contributed by atoms with van der Waals surface area (Å²) in [4.78, 5) is 28.5. The van der Waals surface area contributed by atoms with Crippen LogP contribution in [0.1, 0.15) is 11.5 Å². The van der Waals surface area contributed by atoms with E-state index in [0.29, 0.717) is 33.9 Å². The summed E-state index contributed by atoms with van der Waals surface area (Å²) >= 11 is 5.76. The molecule has 4 aromatic rings. The Balaban J connectivity index is 1.73. The highest BCUT2D eigenvalue weighted by molar-refractivity contribution is 6.30. The Labute approximate surface area is 164 Å². The number of nitrogens with zero attached hydrogens (tertiary/aromatic N) is 3. The van der Waals surface area contributed by atoms with Gasteiger partial charge in [0.15, 0.2) is 0 Å². The van der Waals surface area contributed by atoms with Crippen LogP contribution in [0.3, 0.4) is 0 Å². The molecule has 0 radical (unpaired) electrons. The number of ether oxygens (including phenoxy) is 1. The minimum absolute atomic E-state index is 0.0251. The third-order valence-electron chi connectivity index (χ3n) is 4.07. The van der Waals surface area contributed by atoms with Crippen LogP contribution in [0.15, 0.2) is 53.5 Å². The summed E-state index contributed by atoms with van der Waals surface area (Å²) in [5, 5.41) is 0.358. The maximum absolute atomic E-state index is 13.3. The number of nitrogens with one attached hydrogen (secondary N) is 1. The monoisotopic (exact) mass is 396 g/mol. The summed E-state index contributed by atoms with van der Waals surface area (Å²) in [6.07, 6.45) is 1.55. The number of hydrogen-bond donors (Lipinski definition) is 1. The Bertz CT molecular complexity index is 1240. The smallest absolute Gasteiger partial charge is 0.258 e. The fourth-order valence-electron chi connectivity index (χ4n) is 2.76. The Morgan fingerprint density at radius 3 is 2.82 bits per heavy atom. The quantitative estimate of drug-likeness (QED) is 0.562. The number of rotatable bonds is 4. The molecular formula is C20H14ClFN4O2. The fourth-order valence-corrected chi connectivity index (χ4v) is 2.93. The zero-order valence-electron chi connectivity index (χ0n) is 14.7. The molecule has 0 fully saturated rings. The van der Waals surface area contributed by atoms with Crippen molar-refractivity contribution in [3.63, 3.8) is 0 Å². The highest BCUT2D eigenvalue weighted by atomic mass is 35.5. The molecule has 8 heteroatoms. The standard InChI is InChI=1S/C20H14ClFN4O2/c1-11-3-2-4-16(24-11)19-18-13(7-8-23-19)20(27)26-17(25-18)10-28-12-5-6-15(22)14(21)9-12/h2-9H,10H2,1H3,(H,25,26,27). The van der Waals surface area contributed by atoms with Crippen LogP contribution in [0.2, 0.25) is 5.02 Å². The maximum Gasteiger partial charge on any atom is 0.258 e. The summed E-state index contributed by atoms with van der Waals surface area (Å²) in [6, 6.07) is 11.2. The SMILES string of the molecule is Cc1cccc(-c2nccc3c(=O)[nH]c(COc4ccc(F)c(Cl)c4)nc23)n1. The molecule has 1 aromatic carbocycles. The molecule has 28 heavy (non-hydrogen) atoms. The number of aryl methyl sites for hydroxylation is 1. The molecule has 1 N–H and O–H groups in total. The van der Waals surface area contributed by atoms with Crippen molar-refractivity contribution in [1.82, 2.24) is 19.9 Å². The third kappa shape index (κ3) is 3.57. The zero-order valence-corrected chi connectivity index (χ0v) is 15.5. The van der Waals surface area contributed by atoms with Crippen LogP contribution >= 0.6 is 11.6 Å². The van der Waals surface area contributed by atoms with Crippen LogP contribution in [0.4, 0.5) is 4.39 Å². The Morgan fingerprint density at radius 2 is 2.04 bits per heavy atom. The van der Waals surface area contributed by atoms with Crippen molar-refractivity contribution in [2.24, 2.45) is 0 Å². The molecule has 0 aliphatic carbocycles. The molecule has 0 spiro atoms. The molecule has 0 unspecified atom stereocenters. The molecule has 0 bridgehead atoms. The minimum atomic E-state index is -0.535. The van der Waals surface area contributed by atoms with Gasteiger partial charge in [-0.25, -0.2) is 9.37 Å². The second kappa shape index (κ2) is 7.36. The molecule has 0 saturated carbocycles. The van der Waals surface area contributed by atoms with Gasteiger partial charge in [0.1, 0.15) is 35.2 Å². The van der Waals surface area contributed by atoms with Crippen molar-refractivity contribution >= 4 is 22.5 Å². The van der Waals surface area contributed by atoms with Crippen LogP contribution in [0.25, 0.3) is 22.3 Å². The second-order valence-corrected chi connectivity index (χ2v) is 6.50. The van der Waals surface area contributed by atoms with Crippen LogP contribution in [-0.4, -0.2) is 19.9 Å². The molecule has 4 rings (SSSR count). The highest BCUT2D eigenvalue weighted by Crippen LogP contribution is 2.23. The number of hydrogen-bond acceptors (Lipinski definition) is 5. The van der Waals surface area contributed by atoms with Gasteiger partial charge in [-0.05, 0) is 37.3 Å². The first-order chi connectivity index (χ1) is 13.5. The van der Waals surface area contributed by atoms with Crippen molar-refractivity contribution in [1.29, 1.82) is 0 Å². The summed E-state index contributed by atoms with van der Waals surface area (Å²) in [5.74, 6) is 0.133. The fraction of sp³-hybridized carbons (Fsp3) is 0.100. The van der Waals surface area contributed by atoms with Crippen molar-refractivity contribution < 1.29 is 9.13 Å². The Kier molecular flexibility index (Phi) is 4.75. The molecule has 0 atom stereocenters. The first kappa shape index (κ1) is 18.1. The van der Waals surface area contributed by atoms with E-state index in [1.54, 1.807) is 12.3 Å². The van der Waals surface area contributed by atoms with Gasteiger partial charge in [-0.15, -0.1) is 0 Å². The van der Waals surface area contributed by atoms with Gasteiger partial charge < -0.3 is 9.72 Å². The Hall–Kier alpha value is -3.32. The van der Waals surface area contributed by atoms with E-state index in [2.05, 4.69) is 19.9 Å². The van der Waals surface area contributed by atoms with E-state index in [9.17, 15) is 9.18 Å². The van der Waals surface area contributed by atoms with Crippen LogP contribution in [0.5, 0.6) is 5.75 Å². The number of H-pyrrole nitrogens is 1. The number of fused-ring (bicyclic) bond motifs is 1. The van der Waals surface area contributed by atoms with Crippen LogP contribution < -0.4 is 10.3 Å². The molecule has 3 heterocycles. The van der Waals surface area contributed by atoms with Crippen LogP contribution in [0, 0.1) is 12.7 Å². The van der Waals surface area contributed by atoms with E-state index < -0.39 is 5.82 Å². The number of pyridine rings is 2. The van der Waals surface area contributed by atoms with Crippen molar-refractivity contribution in [2.75, 3.05) is 0 Å². The summed E-state index contributed by atoms with van der Waals surface area (Å²) in [7, 11) is 0. The third-order valence-corrected chi connectivity index (χ3v) is 4.36. The average molecular weight is 397 g/mol. The lowest BCUT2D eigenvalue weighted by molar-refractivity contribution is 0.295. The number of benzene rings is 1. The normalized spacial score (nSPS) is 11.0. The lowest BCUT2D eigenvalue weighted by Gasteiger charge is -2.09. The molecule has 0 amide bonds. The van der Waals surface area contributed by atoms with Crippen molar-refractivity contribution in [2.45, 2.75) is 13.5 Å². The minimum Gasteiger partial charge on any atom is -0.486 e. The summed E-state index contributed by atoms with van der Waals surface area (Å²) in [6.45, 7) is 1.85. The highest BCUT2D eigenvalue weighted by Gasteiger charge is 2.13. The van der Waals surface area contributed by atoms with E-state index in [1.165, 1.54) is 18.2 Å². The van der Waals surface area contributed by atoms with Gasteiger partial charge in [0, 0.05) is 18.0 Å². The maximum atomic E-state index is 13.3.